The average molecular weight is 428 g/mol. The van der Waals surface area contributed by atoms with Gasteiger partial charge in [-0.1, -0.05) is 30.3 Å². The second kappa shape index (κ2) is 8.67. The van der Waals surface area contributed by atoms with Crippen LogP contribution >= 0.6 is 0 Å². The standard InChI is InChI=1S/C26H25N3O3/c1-30-22-14-19(15-23(16-22)31-2)25-24-12-13-27-26(24)29(28-25)20-8-10-21(11-9-20)32-17-18-6-4-3-5-7-18/h3-11,14-16,27H,12-13,17H2,1-2H3. The highest BCUT2D eigenvalue weighted by atomic mass is 16.5. The molecule has 5 rings (SSSR count). The third kappa shape index (κ3) is 3.87. The quantitative estimate of drug-likeness (QED) is 0.445. The van der Waals surface area contributed by atoms with Gasteiger partial charge < -0.3 is 19.5 Å². The van der Waals surface area contributed by atoms with Crippen LogP contribution in [0.5, 0.6) is 17.2 Å². The fourth-order valence-electron chi connectivity index (χ4n) is 3.96. The first-order valence-corrected chi connectivity index (χ1v) is 10.6. The Labute approximate surface area is 187 Å². The summed E-state index contributed by atoms with van der Waals surface area (Å²) >= 11 is 0. The van der Waals surface area contributed by atoms with Gasteiger partial charge in [0.05, 0.1) is 25.6 Å². The van der Waals surface area contributed by atoms with Gasteiger partial charge in [0.1, 0.15) is 29.7 Å². The monoisotopic (exact) mass is 427 g/mol. The van der Waals surface area contributed by atoms with Gasteiger partial charge in [0, 0.05) is 23.7 Å². The van der Waals surface area contributed by atoms with E-state index in [2.05, 4.69) is 17.4 Å². The molecule has 2 heterocycles. The maximum atomic E-state index is 5.93. The van der Waals surface area contributed by atoms with Crippen LogP contribution in [0.2, 0.25) is 0 Å². The molecule has 32 heavy (non-hydrogen) atoms. The van der Waals surface area contributed by atoms with E-state index < -0.39 is 0 Å². The van der Waals surface area contributed by atoms with Crippen LogP contribution in [0.4, 0.5) is 5.82 Å². The van der Waals surface area contributed by atoms with Gasteiger partial charge in [-0.05, 0) is 48.4 Å². The number of aromatic nitrogens is 2. The Morgan fingerprint density at radius 1 is 0.875 bits per heavy atom. The summed E-state index contributed by atoms with van der Waals surface area (Å²) in [6, 6.07) is 24.0. The van der Waals surface area contributed by atoms with Gasteiger partial charge in [0.2, 0.25) is 0 Å². The highest BCUT2D eigenvalue weighted by molar-refractivity contribution is 5.74. The third-order valence-corrected chi connectivity index (χ3v) is 5.61. The summed E-state index contributed by atoms with van der Waals surface area (Å²) < 4.78 is 18.8. The van der Waals surface area contributed by atoms with E-state index >= 15 is 0 Å². The summed E-state index contributed by atoms with van der Waals surface area (Å²) in [5.74, 6) is 3.34. The zero-order chi connectivity index (χ0) is 21.9. The van der Waals surface area contributed by atoms with E-state index in [1.807, 2.05) is 65.3 Å². The topological polar surface area (TPSA) is 57.5 Å². The molecule has 162 valence electrons. The van der Waals surface area contributed by atoms with Crippen molar-refractivity contribution in [3.8, 4) is 34.2 Å². The summed E-state index contributed by atoms with van der Waals surface area (Å²) in [5, 5.41) is 8.43. The summed E-state index contributed by atoms with van der Waals surface area (Å²) in [7, 11) is 3.31. The molecule has 3 aromatic carbocycles. The predicted molar refractivity (Wildman–Crippen MR) is 125 cm³/mol. The Morgan fingerprint density at radius 2 is 1.59 bits per heavy atom. The molecule has 0 unspecified atom stereocenters. The number of anilines is 1. The van der Waals surface area contributed by atoms with Gasteiger partial charge in [0.25, 0.3) is 0 Å². The van der Waals surface area contributed by atoms with Crippen molar-refractivity contribution in [3.05, 3.63) is 83.9 Å². The molecule has 0 saturated carbocycles. The zero-order valence-corrected chi connectivity index (χ0v) is 18.2. The minimum Gasteiger partial charge on any atom is -0.497 e. The van der Waals surface area contributed by atoms with Crippen molar-refractivity contribution >= 4 is 5.82 Å². The lowest BCUT2D eigenvalue weighted by molar-refractivity contribution is 0.306. The molecule has 1 aliphatic rings. The van der Waals surface area contributed by atoms with E-state index in [0.29, 0.717) is 6.61 Å². The van der Waals surface area contributed by atoms with E-state index in [-0.39, 0.29) is 0 Å². The van der Waals surface area contributed by atoms with Crippen LogP contribution < -0.4 is 19.5 Å². The first-order chi connectivity index (χ1) is 15.7. The minimum atomic E-state index is 0.542. The Kier molecular flexibility index (Phi) is 5.42. The molecule has 1 aromatic heterocycles. The lowest BCUT2D eigenvalue weighted by atomic mass is 10.1. The van der Waals surface area contributed by atoms with Gasteiger partial charge in [-0.2, -0.15) is 5.10 Å². The molecule has 6 nitrogen and oxygen atoms in total. The number of rotatable bonds is 7. The molecular weight excluding hydrogens is 402 g/mol. The molecule has 0 fully saturated rings. The SMILES string of the molecule is COc1cc(OC)cc(-c2nn(-c3ccc(OCc4ccccc4)cc3)c3c2CCN3)c1. The van der Waals surface area contributed by atoms with Crippen LogP contribution in [0.15, 0.2) is 72.8 Å². The van der Waals surface area contributed by atoms with Crippen molar-refractivity contribution in [1.82, 2.24) is 9.78 Å². The smallest absolute Gasteiger partial charge is 0.133 e. The molecule has 4 aromatic rings. The van der Waals surface area contributed by atoms with Crippen molar-refractivity contribution in [2.24, 2.45) is 0 Å². The van der Waals surface area contributed by atoms with Crippen molar-refractivity contribution in [3.63, 3.8) is 0 Å². The lowest BCUT2D eigenvalue weighted by Crippen LogP contribution is -2.04. The van der Waals surface area contributed by atoms with Gasteiger partial charge in [0.15, 0.2) is 0 Å². The maximum absolute atomic E-state index is 5.93. The molecule has 1 N–H and O–H groups in total. The first-order valence-electron chi connectivity index (χ1n) is 10.6. The number of hydrogen-bond donors (Lipinski definition) is 1. The van der Waals surface area contributed by atoms with Crippen LogP contribution in [0, 0.1) is 0 Å². The van der Waals surface area contributed by atoms with Crippen LogP contribution in [0.1, 0.15) is 11.1 Å². The molecular formula is C26H25N3O3. The minimum absolute atomic E-state index is 0.542. The second-order valence-corrected chi connectivity index (χ2v) is 7.63. The Hall–Kier alpha value is -3.93. The third-order valence-electron chi connectivity index (χ3n) is 5.61. The largest absolute Gasteiger partial charge is 0.497 e. The number of hydrogen-bond acceptors (Lipinski definition) is 5. The number of nitrogens with one attached hydrogen (secondary N) is 1. The maximum Gasteiger partial charge on any atom is 0.133 e. The molecule has 6 heteroatoms. The van der Waals surface area contributed by atoms with Crippen molar-refractivity contribution < 1.29 is 14.2 Å². The molecule has 0 spiro atoms. The Bertz CT molecular complexity index is 1200. The molecule has 1 aliphatic heterocycles. The Morgan fingerprint density at radius 3 is 2.28 bits per heavy atom. The van der Waals surface area contributed by atoms with Crippen molar-refractivity contribution in [2.45, 2.75) is 13.0 Å². The van der Waals surface area contributed by atoms with E-state index in [4.69, 9.17) is 19.3 Å². The lowest BCUT2D eigenvalue weighted by Gasteiger charge is -2.10. The van der Waals surface area contributed by atoms with E-state index in [0.717, 1.165) is 58.5 Å². The molecule has 0 atom stereocenters. The molecule has 0 radical (unpaired) electrons. The summed E-state index contributed by atoms with van der Waals surface area (Å²) in [6.07, 6.45) is 0.919. The molecule has 0 amide bonds. The summed E-state index contributed by atoms with van der Waals surface area (Å²) in [5.41, 5.74) is 5.23. The van der Waals surface area contributed by atoms with Gasteiger partial charge in [-0.25, -0.2) is 4.68 Å². The number of nitrogens with zero attached hydrogens (tertiary/aromatic N) is 2. The molecule has 0 saturated heterocycles. The van der Waals surface area contributed by atoms with Crippen LogP contribution in [-0.2, 0) is 13.0 Å². The number of benzene rings is 3. The summed E-state index contributed by atoms with van der Waals surface area (Å²) in [6.45, 7) is 1.43. The highest BCUT2D eigenvalue weighted by Gasteiger charge is 2.24. The van der Waals surface area contributed by atoms with Crippen LogP contribution in [0.3, 0.4) is 0 Å². The normalized spacial score (nSPS) is 12.2. The summed E-state index contributed by atoms with van der Waals surface area (Å²) in [4.78, 5) is 0. The van der Waals surface area contributed by atoms with E-state index in [1.165, 1.54) is 5.56 Å². The predicted octanol–water partition coefficient (Wildman–Crippen LogP) is 5.10. The number of ether oxygens (including phenoxy) is 3. The zero-order valence-electron chi connectivity index (χ0n) is 18.2. The Balaban J connectivity index is 1.44. The van der Waals surface area contributed by atoms with Gasteiger partial charge in [-0.3, -0.25) is 0 Å². The van der Waals surface area contributed by atoms with Crippen molar-refractivity contribution in [1.29, 1.82) is 0 Å². The van der Waals surface area contributed by atoms with Gasteiger partial charge >= 0.3 is 0 Å². The van der Waals surface area contributed by atoms with E-state index in [9.17, 15) is 0 Å². The fraction of sp³-hybridized carbons (Fsp3) is 0.192. The first kappa shape index (κ1) is 20.0. The molecule has 0 aliphatic carbocycles. The van der Waals surface area contributed by atoms with Crippen molar-refractivity contribution in [2.75, 3.05) is 26.1 Å². The van der Waals surface area contributed by atoms with Gasteiger partial charge in [-0.15, -0.1) is 0 Å². The van der Waals surface area contributed by atoms with E-state index in [1.54, 1.807) is 14.2 Å². The number of methoxy groups -OCH3 is 2. The molecule has 0 bridgehead atoms. The number of fused-ring (bicyclic) bond motifs is 1. The second-order valence-electron chi connectivity index (χ2n) is 7.63. The van der Waals surface area contributed by atoms with Crippen LogP contribution in [-0.4, -0.2) is 30.5 Å². The average Bonchev–Trinajstić information content (AvgIpc) is 3.46. The fourth-order valence-corrected chi connectivity index (χ4v) is 3.96. The highest BCUT2D eigenvalue weighted by Crippen LogP contribution is 2.37. The van der Waals surface area contributed by atoms with Crippen LogP contribution in [0.25, 0.3) is 16.9 Å².